The molecule has 0 amide bonds. The first kappa shape index (κ1) is 11.7. The Balaban J connectivity index is 3.69. The van der Waals surface area contributed by atoms with E-state index in [9.17, 15) is 22.4 Å². The van der Waals surface area contributed by atoms with Gasteiger partial charge in [0.2, 0.25) is 0 Å². The van der Waals surface area contributed by atoms with Gasteiger partial charge in [-0.15, -0.1) is 0 Å². The minimum absolute atomic E-state index is 0.271. The predicted octanol–water partition coefficient (Wildman–Crippen LogP) is 2.56. The molecule has 0 bridgehead atoms. The summed E-state index contributed by atoms with van der Waals surface area (Å²) in [6, 6.07) is 0. The molecular weight excluding hydrogens is 196 g/mol. The molecule has 0 aromatic carbocycles. The molecule has 0 aromatic heterocycles. The van der Waals surface area contributed by atoms with Gasteiger partial charge < -0.3 is 0 Å². The van der Waals surface area contributed by atoms with Crippen molar-refractivity contribution in [1.82, 2.24) is 0 Å². The molecule has 1 nitrogen and oxygen atoms in total. The smallest absolute Gasteiger partial charge is 0.288 e. The van der Waals surface area contributed by atoms with E-state index in [2.05, 4.69) is 0 Å². The van der Waals surface area contributed by atoms with E-state index in [4.69, 9.17) is 0 Å². The monoisotopic (exact) mass is 204 g/mol. The Morgan fingerprint density at radius 1 is 1.50 bits per heavy atom. The summed E-state index contributed by atoms with van der Waals surface area (Å²) >= 11 is 0.623. The standard InChI is InChI=1S/C6H8F4OS/c1-4(11)12-3-2-6(9,10)5(7)8/h5H,2-3H2,1H3. The van der Waals surface area contributed by atoms with Crippen molar-refractivity contribution in [1.29, 1.82) is 0 Å². The molecule has 0 N–H and O–H groups in total. The zero-order valence-electron chi connectivity index (χ0n) is 6.32. The van der Waals surface area contributed by atoms with Gasteiger partial charge >= 0.3 is 12.3 Å². The summed E-state index contributed by atoms with van der Waals surface area (Å²) in [6.45, 7) is 1.20. The maximum atomic E-state index is 12.1. The number of carbonyl (C=O) groups is 1. The van der Waals surface area contributed by atoms with E-state index < -0.39 is 18.8 Å². The Hall–Kier alpha value is -0.260. The third-order valence-corrected chi connectivity index (χ3v) is 1.87. The lowest BCUT2D eigenvalue weighted by atomic mass is 10.3. The predicted molar refractivity (Wildman–Crippen MR) is 38.7 cm³/mol. The van der Waals surface area contributed by atoms with Crippen molar-refractivity contribution in [2.45, 2.75) is 25.7 Å². The van der Waals surface area contributed by atoms with Crippen LogP contribution in [0, 0.1) is 0 Å². The van der Waals surface area contributed by atoms with Crippen LogP contribution in [0.25, 0.3) is 0 Å². The van der Waals surface area contributed by atoms with Gasteiger partial charge in [-0.2, -0.15) is 0 Å². The zero-order chi connectivity index (χ0) is 9.78. The van der Waals surface area contributed by atoms with Gasteiger partial charge in [0.25, 0.3) is 0 Å². The summed E-state index contributed by atoms with van der Waals surface area (Å²) in [5, 5.41) is -0.347. The quantitative estimate of drug-likeness (QED) is 0.654. The lowest BCUT2D eigenvalue weighted by molar-refractivity contribution is -0.129. The van der Waals surface area contributed by atoms with Crippen molar-refractivity contribution in [3.05, 3.63) is 0 Å². The van der Waals surface area contributed by atoms with Crippen LogP contribution in [0.5, 0.6) is 0 Å². The molecule has 0 spiro atoms. The molecular formula is C6H8F4OS. The summed E-state index contributed by atoms with van der Waals surface area (Å²) in [5.41, 5.74) is 0. The van der Waals surface area contributed by atoms with Gasteiger partial charge in [0.15, 0.2) is 5.12 Å². The van der Waals surface area contributed by atoms with Crippen molar-refractivity contribution in [3.8, 4) is 0 Å². The first-order valence-corrected chi connectivity index (χ1v) is 4.14. The molecule has 72 valence electrons. The zero-order valence-corrected chi connectivity index (χ0v) is 7.14. The fraction of sp³-hybridized carbons (Fsp3) is 0.833. The summed E-state index contributed by atoms with van der Waals surface area (Å²) < 4.78 is 47.2. The Morgan fingerprint density at radius 2 is 2.00 bits per heavy atom. The van der Waals surface area contributed by atoms with Crippen molar-refractivity contribution in [3.63, 3.8) is 0 Å². The molecule has 0 atom stereocenters. The maximum Gasteiger partial charge on any atom is 0.308 e. The minimum atomic E-state index is -3.97. The number of hydrogen-bond acceptors (Lipinski definition) is 2. The van der Waals surface area contributed by atoms with E-state index in [1.54, 1.807) is 0 Å². The van der Waals surface area contributed by atoms with E-state index in [1.165, 1.54) is 6.92 Å². The number of halogens is 4. The van der Waals surface area contributed by atoms with Gasteiger partial charge in [-0.1, -0.05) is 11.8 Å². The third-order valence-electron chi connectivity index (χ3n) is 1.06. The van der Waals surface area contributed by atoms with Gasteiger partial charge in [0.05, 0.1) is 0 Å². The van der Waals surface area contributed by atoms with Crippen LogP contribution >= 0.6 is 11.8 Å². The molecule has 0 aromatic rings. The number of thioether (sulfide) groups is 1. The summed E-state index contributed by atoms with van der Waals surface area (Å²) in [7, 11) is 0. The van der Waals surface area contributed by atoms with Gasteiger partial charge in [-0.3, -0.25) is 4.79 Å². The number of rotatable bonds is 4. The van der Waals surface area contributed by atoms with E-state index >= 15 is 0 Å². The van der Waals surface area contributed by atoms with Crippen LogP contribution in [-0.2, 0) is 4.79 Å². The highest BCUT2D eigenvalue weighted by atomic mass is 32.2. The second-order valence-electron chi connectivity index (χ2n) is 2.15. The molecule has 0 rings (SSSR count). The van der Waals surface area contributed by atoms with Crippen LogP contribution in [0.3, 0.4) is 0 Å². The molecule has 6 heteroatoms. The average Bonchev–Trinajstić information content (AvgIpc) is 1.85. The lowest BCUT2D eigenvalue weighted by Gasteiger charge is -2.13. The molecule has 0 radical (unpaired) electrons. The molecule has 0 heterocycles. The Bertz CT molecular complexity index is 160. The molecule has 0 saturated carbocycles. The fourth-order valence-electron chi connectivity index (χ4n) is 0.440. The van der Waals surface area contributed by atoms with Gasteiger partial charge in [0.1, 0.15) is 0 Å². The summed E-state index contributed by atoms with van der Waals surface area (Å²) in [6.07, 6.45) is -4.61. The molecule has 0 fully saturated rings. The summed E-state index contributed by atoms with van der Waals surface area (Å²) in [5.74, 6) is -4.24. The highest BCUT2D eigenvalue weighted by molar-refractivity contribution is 8.13. The normalized spacial score (nSPS) is 12.2. The van der Waals surface area contributed by atoms with Crippen LogP contribution in [0.4, 0.5) is 17.6 Å². The van der Waals surface area contributed by atoms with Crippen LogP contribution in [0.2, 0.25) is 0 Å². The average molecular weight is 204 g/mol. The van der Waals surface area contributed by atoms with Crippen molar-refractivity contribution < 1.29 is 22.4 Å². The van der Waals surface area contributed by atoms with E-state index in [0.29, 0.717) is 11.8 Å². The van der Waals surface area contributed by atoms with Crippen LogP contribution in [0.15, 0.2) is 0 Å². The second kappa shape index (κ2) is 4.69. The third kappa shape index (κ3) is 4.58. The first-order chi connectivity index (χ1) is 5.36. The molecule has 0 aliphatic rings. The summed E-state index contributed by atoms with van der Waals surface area (Å²) in [4.78, 5) is 10.2. The topological polar surface area (TPSA) is 17.1 Å². The van der Waals surface area contributed by atoms with E-state index in [0.717, 1.165) is 0 Å². The Labute approximate surface area is 71.5 Å². The van der Waals surface area contributed by atoms with Crippen molar-refractivity contribution >= 4 is 16.9 Å². The highest BCUT2D eigenvalue weighted by Gasteiger charge is 2.39. The van der Waals surface area contributed by atoms with Crippen LogP contribution in [0.1, 0.15) is 13.3 Å². The van der Waals surface area contributed by atoms with Gasteiger partial charge in [0, 0.05) is 19.1 Å². The van der Waals surface area contributed by atoms with Crippen LogP contribution in [-0.4, -0.2) is 23.2 Å². The molecule has 0 saturated heterocycles. The molecule has 12 heavy (non-hydrogen) atoms. The molecule has 0 aliphatic heterocycles. The number of hydrogen-bond donors (Lipinski definition) is 0. The molecule has 0 unspecified atom stereocenters. The minimum Gasteiger partial charge on any atom is -0.288 e. The fourth-order valence-corrected chi connectivity index (χ4v) is 1.10. The maximum absolute atomic E-state index is 12.1. The number of alkyl halides is 4. The van der Waals surface area contributed by atoms with E-state index in [-0.39, 0.29) is 10.9 Å². The van der Waals surface area contributed by atoms with Crippen molar-refractivity contribution in [2.24, 2.45) is 0 Å². The largest absolute Gasteiger partial charge is 0.308 e. The Kier molecular flexibility index (Phi) is 4.59. The van der Waals surface area contributed by atoms with Gasteiger partial charge in [-0.25, -0.2) is 17.6 Å². The van der Waals surface area contributed by atoms with Crippen molar-refractivity contribution in [2.75, 3.05) is 5.75 Å². The van der Waals surface area contributed by atoms with Crippen LogP contribution < -0.4 is 0 Å². The Morgan fingerprint density at radius 3 is 2.33 bits per heavy atom. The highest BCUT2D eigenvalue weighted by Crippen LogP contribution is 2.28. The number of carbonyl (C=O) groups excluding carboxylic acids is 1. The molecule has 0 aliphatic carbocycles. The van der Waals surface area contributed by atoms with Gasteiger partial charge in [-0.05, 0) is 0 Å². The lowest BCUT2D eigenvalue weighted by Crippen LogP contribution is -2.27. The first-order valence-electron chi connectivity index (χ1n) is 3.15. The van der Waals surface area contributed by atoms with E-state index in [1.807, 2.05) is 0 Å². The second-order valence-corrected chi connectivity index (χ2v) is 3.42. The SMILES string of the molecule is CC(=O)SCCC(F)(F)C(F)F.